The Kier molecular flexibility index (Phi) is 1.95. The van der Waals surface area contributed by atoms with E-state index in [1.54, 1.807) is 19.1 Å². The van der Waals surface area contributed by atoms with E-state index in [2.05, 4.69) is 4.94 Å². The van der Waals surface area contributed by atoms with Gasteiger partial charge in [-0.05, 0) is 18.6 Å². The summed E-state index contributed by atoms with van der Waals surface area (Å²) < 4.78 is 11.6. The van der Waals surface area contributed by atoms with Gasteiger partial charge in [-0.1, -0.05) is 17.6 Å². The molecular formula is C7H6BFO. The lowest BCUT2D eigenvalue weighted by atomic mass is 9.94. The summed E-state index contributed by atoms with van der Waals surface area (Å²) in [6.07, 6.45) is 0. The van der Waals surface area contributed by atoms with Crippen LogP contribution in [0, 0.1) is 6.92 Å². The number of halogens is 1. The molecule has 0 saturated heterocycles. The third-order valence-corrected chi connectivity index (χ3v) is 1.28. The van der Waals surface area contributed by atoms with Crippen molar-refractivity contribution in [3.8, 4) is 5.75 Å². The van der Waals surface area contributed by atoms with Crippen LogP contribution in [0.25, 0.3) is 0 Å². The molecule has 0 saturated carbocycles. The summed E-state index contributed by atoms with van der Waals surface area (Å²) in [5.41, 5.74) is 1.31. The van der Waals surface area contributed by atoms with E-state index in [0.29, 0.717) is 11.0 Å². The van der Waals surface area contributed by atoms with Crippen LogP contribution in [0.3, 0.4) is 0 Å². The molecule has 0 N–H and O–H groups in total. The van der Waals surface area contributed by atoms with Crippen LogP contribution in [0.4, 0.5) is 4.53 Å². The molecule has 1 aromatic carbocycles. The zero-order valence-electron chi connectivity index (χ0n) is 5.60. The summed E-state index contributed by atoms with van der Waals surface area (Å²) in [6.45, 7) is 1.73. The number of hydrogen-bond donors (Lipinski definition) is 0. The smallest absolute Gasteiger partial charge is 0.174 e. The van der Waals surface area contributed by atoms with E-state index in [1.807, 2.05) is 0 Å². The topological polar surface area (TPSA) is 9.23 Å². The fourth-order valence-electron chi connectivity index (χ4n) is 0.759. The van der Waals surface area contributed by atoms with E-state index >= 15 is 0 Å². The zero-order chi connectivity index (χ0) is 7.56. The molecule has 50 valence electrons. The molecule has 0 amide bonds. The van der Waals surface area contributed by atoms with Gasteiger partial charge in [0.05, 0.1) is 0 Å². The predicted molar refractivity (Wildman–Crippen MR) is 38.3 cm³/mol. The van der Waals surface area contributed by atoms with Gasteiger partial charge >= 0.3 is 0 Å². The van der Waals surface area contributed by atoms with Crippen LogP contribution in [0.1, 0.15) is 5.56 Å². The maximum atomic E-state index is 11.6. The molecule has 0 aromatic heterocycles. The lowest BCUT2D eigenvalue weighted by molar-refractivity contribution is -0.00697. The van der Waals surface area contributed by atoms with E-state index in [4.69, 9.17) is 7.85 Å². The van der Waals surface area contributed by atoms with Gasteiger partial charge in [0.25, 0.3) is 0 Å². The largest absolute Gasteiger partial charge is 0.294 e. The Bertz CT molecular complexity index is 237. The maximum Gasteiger partial charge on any atom is 0.174 e. The van der Waals surface area contributed by atoms with Crippen LogP contribution in [0.5, 0.6) is 5.75 Å². The van der Waals surface area contributed by atoms with Crippen LogP contribution < -0.4 is 10.4 Å². The summed E-state index contributed by atoms with van der Waals surface area (Å²) in [4.78, 5) is 3.54. The SMILES string of the molecule is [B]c1ccc(OF)c(C)c1. The van der Waals surface area contributed by atoms with Crippen molar-refractivity contribution in [2.45, 2.75) is 6.92 Å². The van der Waals surface area contributed by atoms with Gasteiger partial charge in [0.15, 0.2) is 5.75 Å². The molecule has 0 spiro atoms. The quantitative estimate of drug-likeness (QED) is 0.524. The van der Waals surface area contributed by atoms with E-state index in [9.17, 15) is 4.53 Å². The fourth-order valence-corrected chi connectivity index (χ4v) is 0.759. The third kappa shape index (κ3) is 1.29. The molecule has 0 aliphatic rings. The van der Waals surface area contributed by atoms with Gasteiger partial charge in [0.1, 0.15) is 7.85 Å². The first-order valence-corrected chi connectivity index (χ1v) is 2.89. The minimum absolute atomic E-state index is 0.217. The molecule has 1 aromatic rings. The van der Waals surface area contributed by atoms with Gasteiger partial charge in [-0.15, -0.1) is 0 Å². The minimum atomic E-state index is 0.217. The van der Waals surface area contributed by atoms with Gasteiger partial charge in [-0.2, -0.15) is 0 Å². The van der Waals surface area contributed by atoms with E-state index < -0.39 is 0 Å². The Hall–Kier alpha value is -0.985. The highest BCUT2D eigenvalue weighted by Gasteiger charge is 1.97. The van der Waals surface area contributed by atoms with Crippen molar-refractivity contribution in [1.82, 2.24) is 0 Å². The summed E-state index contributed by atoms with van der Waals surface area (Å²) in [5, 5.41) is 0. The molecule has 0 unspecified atom stereocenters. The number of benzene rings is 1. The molecule has 0 heterocycles. The molecule has 0 aliphatic heterocycles. The first kappa shape index (κ1) is 7.13. The van der Waals surface area contributed by atoms with Gasteiger partial charge in [-0.25, -0.2) is 0 Å². The average molecular weight is 136 g/mol. The predicted octanol–water partition coefficient (Wildman–Crippen LogP) is 1.05. The van der Waals surface area contributed by atoms with Crippen molar-refractivity contribution >= 4 is 13.3 Å². The lowest BCUT2D eigenvalue weighted by Crippen LogP contribution is -2.01. The standard InChI is InChI=1S/C7H6BFO/c1-5-4-6(8)2-3-7(5)10-9/h2-4H,1H3. The van der Waals surface area contributed by atoms with Crippen LogP contribution >= 0.6 is 0 Å². The van der Waals surface area contributed by atoms with Crippen molar-refractivity contribution in [3.05, 3.63) is 23.8 Å². The Morgan fingerprint density at radius 2 is 2.20 bits per heavy atom. The highest BCUT2D eigenvalue weighted by atomic mass is 19.3. The van der Waals surface area contributed by atoms with Gasteiger partial charge in [-0.3, -0.25) is 4.94 Å². The molecule has 3 heteroatoms. The molecule has 10 heavy (non-hydrogen) atoms. The summed E-state index contributed by atoms with van der Waals surface area (Å²) in [6, 6.07) is 4.72. The molecule has 0 fully saturated rings. The molecule has 1 nitrogen and oxygen atoms in total. The summed E-state index contributed by atoms with van der Waals surface area (Å²) in [5.74, 6) is 0.217. The van der Waals surface area contributed by atoms with Crippen molar-refractivity contribution in [2.24, 2.45) is 0 Å². The van der Waals surface area contributed by atoms with E-state index in [0.717, 1.165) is 0 Å². The number of hydrogen-bond acceptors (Lipinski definition) is 1. The number of rotatable bonds is 1. The number of aryl methyl sites for hydroxylation is 1. The first-order valence-electron chi connectivity index (χ1n) is 2.89. The van der Waals surface area contributed by atoms with Gasteiger partial charge in [0, 0.05) is 4.53 Å². The van der Waals surface area contributed by atoms with Crippen molar-refractivity contribution < 1.29 is 9.47 Å². The van der Waals surface area contributed by atoms with Crippen LogP contribution in [-0.2, 0) is 0 Å². The normalized spacial score (nSPS) is 9.40. The summed E-state index contributed by atoms with van der Waals surface area (Å²) in [7, 11) is 5.40. The fraction of sp³-hybridized carbons (Fsp3) is 0.143. The Labute approximate surface area is 60.1 Å². The van der Waals surface area contributed by atoms with Crippen LogP contribution in [0.2, 0.25) is 0 Å². The maximum absolute atomic E-state index is 11.6. The summed E-state index contributed by atoms with van der Waals surface area (Å²) >= 11 is 0. The molecule has 0 aliphatic carbocycles. The van der Waals surface area contributed by atoms with Crippen molar-refractivity contribution in [1.29, 1.82) is 0 Å². The Morgan fingerprint density at radius 1 is 1.50 bits per heavy atom. The third-order valence-electron chi connectivity index (χ3n) is 1.28. The second kappa shape index (κ2) is 2.73. The monoisotopic (exact) mass is 136 g/mol. The Balaban J connectivity index is 3.07. The lowest BCUT2D eigenvalue weighted by Gasteiger charge is -1.99. The Morgan fingerprint density at radius 3 is 2.70 bits per heavy atom. The van der Waals surface area contributed by atoms with Crippen LogP contribution in [-0.4, -0.2) is 7.85 Å². The molecular weight excluding hydrogens is 130 g/mol. The zero-order valence-corrected chi connectivity index (χ0v) is 5.60. The van der Waals surface area contributed by atoms with Gasteiger partial charge in [0.2, 0.25) is 0 Å². The first-order chi connectivity index (χ1) is 4.74. The van der Waals surface area contributed by atoms with Crippen LogP contribution in [0.15, 0.2) is 18.2 Å². The average Bonchev–Trinajstić information content (AvgIpc) is 1.88. The molecule has 2 radical (unpaired) electrons. The highest BCUT2D eigenvalue weighted by molar-refractivity contribution is 6.32. The van der Waals surface area contributed by atoms with Crippen molar-refractivity contribution in [2.75, 3.05) is 0 Å². The van der Waals surface area contributed by atoms with Crippen molar-refractivity contribution in [3.63, 3.8) is 0 Å². The van der Waals surface area contributed by atoms with E-state index in [1.165, 1.54) is 6.07 Å². The van der Waals surface area contributed by atoms with E-state index in [-0.39, 0.29) is 5.75 Å². The molecule has 1 rings (SSSR count). The molecule has 0 bridgehead atoms. The molecule has 0 atom stereocenters. The van der Waals surface area contributed by atoms with Gasteiger partial charge < -0.3 is 0 Å². The second-order valence-electron chi connectivity index (χ2n) is 2.10. The minimum Gasteiger partial charge on any atom is -0.294 e. The highest BCUT2D eigenvalue weighted by Crippen LogP contribution is 2.14. The second-order valence-corrected chi connectivity index (χ2v) is 2.10.